The molecule has 34 valence electrons. The van der Waals surface area contributed by atoms with E-state index in [1.165, 1.54) is 6.11 Å². The van der Waals surface area contributed by atoms with Gasteiger partial charge in [-0.3, -0.25) is 4.79 Å². The number of rotatable bonds is 0. The Hall–Kier alpha value is -1.41. The molecule has 2 nitrogen and oxygen atoms in total. The second-order valence-corrected chi connectivity index (χ2v) is 0.624. The predicted molar refractivity (Wildman–Crippen MR) is 23.6 cm³/mol. The Kier molecular flexibility index (Phi) is 3.67. The number of aldehydes is 1. The van der Waals surface area contributed by atoms with E-state index in [1.54, 1.807) is 0 Å². The Morgan fingerprint density at radius 3 is 2.57 bits per heavy atom. The molecule has 0 aliphatic heterocycles. The van der Waals surface area contributed by atoms with Crippen molar-refractivity contribution in [3.05, 3.63) is 0 Å². The fourth-order valence-electron chi connectivity index (χ4n) is 0.0935. The van der Waals surface area contributed by atoms with Crippen LogP contribution in [0.3, 0.4) is 0 Å². The topological polar surface area (TPSA) is 37.3 Å². The number of hydrogen-bond donors (Lipinski definition) is 1. The minimum Gasteiger partial charge on any atom is -0.461 e. The molecule has 1 N–H and O–H groups in total. The highest BCUT2D eigenvalue weighted by molar-refractivity contribution is 5.73. The second kappa shape index (κ2) is 4.59. The average Bonchev–Trinajstić information content (AvgIpc) is 1.69. The third-order valence-corrected chi connectivity index (χ3v) is 0.249. The van der Waals surface area contributed by atoms with Crippen LogP contribution < -0.4 is 0 Å². The van der Waals surface area contributed by atoms with Crippen molar-refractivity contribution in [1.29, 1.82) is 0 Å². The molecule has 0 aliphatic rings. The molecular formula is C5H2O2. The lowest BCUT2D eigenvalue weighted by molar-refractivity contribution is -0.103. The number of aliphatic hydroxyl groups excluding tert-OH is 1. The van der Waals surface area contributed by atoms with Gasteiger partial charge >= 0.3 is 0 Å². The van der Waals surface area contributed by atoms with Crippen LogP contribution in [0.4, 0.5) is 0 Å². The van der Waals surface area contributed by atoms with Crippen LogP contribution in [0.25, 0.3) is 0 Å². The van der Waals surface area contributed by atoms with Crippen molar-refractivity contribution in [3.8, 4) is 23.9 Å². The quantitative estimate of drug-likeness (QED) is 0.325. The Bertz CT molecular complexity index is 160. The van der Waals surface area contributed by atoms with Gasteiger partial charge in [-0.2, -0.15) is 0 Å². The molecule has 0 saturated heterocycles. The first kappa shape index (κ1) is 5.59. The molecule has 0 unspecified atom stereocenters. The van der Waals surface area contributed by atoms with Crippen LogP contribution in [0.2, 0.25) is 0 Å². The van der Waals surface area contributed by atoms with Crippen molar-refractivity contribution in [3.63, 3.8) is 0 Å². The Labute approximate surface area is 41.2 Å². The number of hydrogen-bond acceptors (Lipinski definition) is 2. The summed E-state index contributed by atoms with van der Waals surface area (Å²) in [7, 11) is 0. The highest BCUT2D eigenvalue weighted by atomic mass is 16.2. The lowest BCUT2D eigenvalue weighted by Crippen LogP contribution is -1.56. The van der Waals surface area contributed by atoms with Crippen molar-refractivity contribution in [1.82, 2.24) is 0 Å². The van der Waals surface area contributed by atoms with Gasteiger partial charge in [0.15, 0.2) is 6.29 Å². The minimum atomic E-state index is 0.407. The van der Waals surface area contributed by atoms with E-state index in [0.717, 1.165) is 0 Å². The number of carbonyl (C=O) groups is 1. The van der Waals surface area contributed by atoms with Crippen LogP contribution in [-0.2, 0) is 4.79 Å². The van der Waals surface area contributed by atoms with Gasteiger partial charge in [-0.1, -0.05) is 0 Å². The number of aliphatic hydroxyl groups is 1. The zero-order valence-electron chi connectivity index (χ0n) is 3.43. The van der Waals surface area contributed by atoms with Gasteiger partial charge in [-0.15, -0.1) is 0 Å². The maximum absolute atomic E-state index is 9.36. The van der Waals surface area contributed by atoms with Crippen molar-refractivity contribution < 1.29 is 9.90 Å². The van der Waals surface area contributed by atoms with Gasteiger partial charge in [-0.25, -0.2) is 0 Å². The van der Waals surface area contributed by atoms with E-state index in [1.807, 2.05) is 11.8 Å². The fraction of sp³-hybridized carbons (Fsp3) is 0. The van der Waals surface area contributed by atoms with Gasteiger partial charge in [-0.05, 0) is 11.8 Å². The van der Waals surface area contributed by atoms with Crippen LogP contribution >= 0.6 is 0 Å². The summed E-state index contributed by atoms with van der Waals surface area (Å²) in [6.45, 7) is 0. The predicted octanol–water partition coefficient (Wildman–Crippen LogP) is -0.478. The molecule has 0 spiro atoms. The van der Waals surface area contributed by atoms with Crippen LogP contribution in [0, 0.1) is 23.9 Å². The molecule has 0 rings (SSSR count). The van der Waals surface area contributed by atoms with E-state index in [-0.39, 0.29) is 0 Å². The van der Waals surface area contributed by atoms with E-state index >= 15 is 0 Å². The van der Waals surface area contributed by atoms with Crippen molar-refractivity contribution >= 4 is 6.29 Å². The van der Waals surface area contributed by atoms with E-state index in [4.69, 9.17) is 5.11 Å². The molecule has 2 heteroatoms. The highest BCUT2D eigenvalue weighted by Crippen LogP contribution is 1.44. The molecule has 0 fully saturated rings. The van der Waals surface area contributed by atoms with Gasteiger partial charge in [0.1, 0.15) is 6.11 Å². The smallest absolute Gasteiger partial charge is 0.193 e. The summed E-state index contributed by atoms with van der Waals surface area (Å²) in [5.41, 5.74) is 0. The molecule has 0 radical (unpaired) electrons. The highest BCUT2D eigenvalue weighted by Gasteiger charge is 1.51. The molecule has 0 bridgehead atoms. The Morgan fingerprint density at radius 1 is 1.43 bits per heavy atom. The van der Waals surface area contributed by atoms with Crippen LogP contribution in [0.5, 0.6) is 0 Å². The zero-order chi connectivity index (χ0) is 5.54. The molecule has 0 heterocycles. The minimum absolute atomic E-state index is 0.407. The summed E-state index contributed by atoms with van der Waals surface area (Å²) in [6, 6.07) is 0. The van der Waals surface area contributed by atoms with Crippen LogP contribution in [-0.4, -0.2) is 11.4 Å². The first-order chi connectivity index (χ1) is 3.41. The summed E-state index contributed by atoms with van der Waals surface area (Å²) in [6.07, 6.45) is 1.93. The fourth-order valence-corrected chi connectivity index (χ4v) is 0.0935. The first-order valence-electron chi connectivity index (χ1n) is 1.50. The van der Waals surface area contributed by atoms with Gasteiger partial charge in [0, 0.05) is 5.92 Å². The maximum atomic E-state index is 9.36. The molecule has 7 heavy (non-hydrogen) atoms. The molecule has 0 saturated carbocycles. The summed E-state index contributed by atoms with van der Waals surface area (Å²) >= 11 is 0. The average molecular weight is 94.1 g/mol. The molecule has 0 aromatic rings. The maximum Gasteiger partial charge on any atom is 0.193 e. The first-order valence-corrected chi connectivity index (χ1v) is 1.50. The summed E-state index contributed by atoms with van der Waals surface area (Å²) in [5.74, 6) is 6.00. The standard InChI is InChI=1S/C5H2O2/c6-4-2-1-3-5-7/h4,7H. The monoisotopic (exact) mass is 94.0 g/mol. The molecule has 0 amide bonds. The number of carbonyl (C=O) groups excluding carboxylic acids is 1. The van der Waals surface area contributed by atoms with Gasteiger partial charge in [0.2, 0.25) is 0 Å². The summed E-state index contributed by atoms with van der Waals surface area (Å²) in [5, 5.41) is 7.71. The molecular weight excluding hydrogens is 92.1 g/mol. The van der Waals surface area contributed by atoms with E-state index in [9.17, 15) is 4.79 Å². The normalized spacial score (nSPS) is 4.00. The Morgan fingerprint density at radius 2 is 2.14 bits per heavy atom. The van der Waals surface area contributed by atoms with E-state index in [2.05, 4.69) is 5.92 Å². The van der Waals surface area contributed by atoms with Crippen molar-refractivity contribution in [2.45, 2.75) is 0 Å². The molecule has 0 aliphatic carbocycles. The largest absolute Gasteiger partial charge is 0.461 e. The van der Waals surface area contributed by atoms with Gasteiger partial charge < -0.3 is 5.11 Å². The third kappa shape index (κ3) is 4.59. The van der Waals surface area contributed by atoms with Crippen LogP contribution in [0.1, 0.15) is 0 Å². The molecule has 0 atom stereocenters. The lowest BCUT2D eigenvalue weighted by atomic mass is 10.6. The second-order valence-electron chi connectivity index (χ2n) is 0.624. The zero-order valence-corrected chi connectivity index (χ0v) is 3.43. The summed E-state index contributed by atoms with van der Waals surface area (Å²) < 4.78 is 0. The van der Waals surface area contributed by atoms with E-state index < -0.39 is 0 Å². The van der Waals surface area contributed by atoms with E-state index in [0.29, 0.717) is 6.29 Å². The summed E-state index contributed by atoms with van der Waals surface area (Å²) in [4.78, 5) is 9.36. The molecule has 0 aromatic carbocycles. The lowest BCUT2D eigenvalue weighted by Gasteiger charge is -1.49. The van der Waals surface area contributed by atoms with Gasteiger partial charge in [0.25, 0.3) is 0 Å². The molecule has 0 aromatic heterocycles. The SMILES string of the molecule is O=CC#CC#CO. The van der Waals surface area contributed by atoms with Crippen LogP contribution in [0.15, 0.2) is 0 Å². The Balaban J connectivity index is 3.60. The van der Waals surface area contributed by atoms with Gasteiger partial charge in [0.05, 0.1) is 0 Å². The third-order valence-electron chi connectivity index (χ3n) is 0.249. The van der Waals surface area contributed by atoms with Crippen molar-refractivity contribution in [2.75, 3.05) is 0 Å². The van der Waals surface area contributed by atoms with Crippen molar-refractivity contribution in [2.24, 2.45) is 0 Å².